The van der Waals surface area contributed by atoms with E-state index in [-0.39, 0.29) is 25.6 Å². The van der Waals surface area contributed by atoms with E-state index in [1.165, 1.54) is 103 Å². The summed E-state index contributed by atoms with van der Waals surface area (Å²) in [5.41, 5.74) is 0. The van der Waals surface area contributed by atoms with Gasteiger partial charge < -0.3 is 64.2 Å². The van der Waals surface area contributed by atoms with Crippen LogP contribution in [0.15, 0.2) is 48.6 Å². The lowest BCUT2D eigenvalue weighted by Gasteiger charge is -2.42. The average Bonchev–Trinajstić information content (AvgIpc) is 3.36. The number of hydrogen-bond acceptors (Lipinski definition) is 14. The second kappa shape index (κ2) is 43.4. The molecular formula is C56H100O14. The van der Waals surface area contributed by atoms with Gasteiger partial charge in [0.05, 0.1) is 26.4 Å². The first kappa shape index (κ1) is 64.1. The van der Waals surface area contributed by atoms with Crippen LogP contribution < -0.4 is 0 Å². The lowest BCUT2D eigenvalue weighted by atomic mass is 9.98. The van der Waals surface area contributed by atoms with Crippen LogP contribution in [-0.2, 0) is 33.2 Å². The molecule has 0 radical (unpaired) electrons. The highest BCUT2D eigenvalue weighted by Crippen LogP contribution is 2.26. The molecule has 0 aromatic rings. The number of ether oxygens (including phenoxy) is 6. The Hall–Kier alpha value is -2.05. The fraction of sp³-hybridized carbons (Fsp3) is 0.839. The van der Waals surface area contributed by atoms with E-state index in [0.717, 1.165) is 70.6 Å². The summed E-state index contributed by atoms with van der Waals surface area (Å²) in [4.78, 5) is 13.0. The normalized spacial score (nSPS) is 25.8. The van der Waals surface area contributed by atoms with Gasteiger partial charge in [-0.1, -0.05) is 191 Å². The fourth-order valence-electron chi connectivity index (χ4n) is 8.63. The molecule has 0 aliphatic carbocycles. The number of unbranched alkanes of at least 4 members (excludes halogenated alkanes) is 22. The molecule has 0 amide bonds. The zero-order valence-corrected chi connectivity index (χ0v) is 43.5. The van der Waals surface area contributed by atoms with Crippen molar-refractivity contribution in [2.45, 2.75) is 268 Å². The Labute approximate surface area is 422 Å². The highest BCUT2D eigenvalue weighted by Gasteiger charge is 2.47. The highest BCUT2D eigenvalue weighted by atomic mass is 16.7. The van der Waals surface area contributed by atoms with Crippen molar-refractivity contribution in [2.75, 3.05) is 33.0 Å². The molecule has 11 unspecified atom stereocenters. The van der Waals surface area contributed by atoms with E-state index in [2.05, 4.69) is 62.5 Å². The van der Waals surface area contributed by atoms with Crippen molar-refractivity contribution in [2.24, 2.45) is 0 Å². The van der Waals surface area contributed by atoms with Gasteiger partial charge in [0.1, 0.15) is 54.9 Å². The van der Waals surface area contributed by atoms with E-state index in [0.29, 0.717) is 13.0 Å². The molecule has 2 aliphatic heterocycles. The minimum Gasteiger partial charge on any atom is -0.457 e. The minimum absolute atomic E-state index is 0.0616. The molecule has 14 heteroatoms. The third kappa shape index (κ3) is 30.2. The molecule has 70 heavy (non-hydrogen) atoms. The third-order valence-corrected chi connectivity index (χ3v) is 13.1. The fourth-order valence-corrected chi connectivity index (χ4v) is 8.63. The second-order valence-corrected chi connectivity index (χ2v) is 19.4. The van der Waals surface area contributed by atoms with Crippen LogP contribution in [0.3, 0.4) is 0 Å². The SMILES string of the molecule is CC/C=C\C/C=C\C/C=C\C/C=C\CCCCCCCCCCCCC(=O)OC(COCCCCCCCCCCCCCCC)COC1OC(COC2OC(CO)C(O)C(O)C2O)C(O)C(O)C1O. The van der Waals surface area contributed by atoms with Crippen LogP contribution in [0.25, 0.3) is 0 Å². The van der Waals surface area contributed by atoms with Gasteiger partial charge in [0.25, 0.3) is 0 Å². The Morgan fingerprint density at radius 1 is 0.486 bits per heavy atom. The first-order valence-corrected chi connectivity index (χ1v) is 27.7. The van der Waals surface area contributed by atoms with Gasteiger partial charge in [-0.15, -0.1) is 0 Å². The molecule has 2 fully saturated rings. The van der Waals surface area contributed by atoms with Gasteiger partial charge in [0.15, 0.2) is 12.6 Å². The molecule has 2 aliphatic rings. The van der Waals surface area contributed by atoms with Crippen LogP contribution in [0.5, 0.6) is 0 Å². The van der Waals surface area contributed by atoms with Gasteiger partial charge in [0, 0.05) is 13.0 Å². The Bertz CT molecular complexity index is 1340. The van der Waals surface area contributed by atoms with Gasteiger partial charge in [-0.2, -0.15) is 0 Å². The Balaban J connectivity index is 1.71. The molecule has 0 bridgehead atoms. The van der Waals surface area contributed by atoms with E-state index >= 15 is 0 Å². The van der Waals surface area contributed by atoms with E-state index in [4.69, 9.17) is 28.4 Å². The largest absolute Gasteiger partial charge is 0.457 e. The van der Waals surface area contributed by atoms with Crippen LogP contribution in [0.2, 0.25) is 0 Å². The molecule has 0 spiro atoms. The summed E-state index contributed by atoms with van der Waals surface area (Å²) in [5, 5.41) is 72.2. The predicted molar refractivity (Wildman–Crippen MR) is 275 cm³/mol. The van der Waals surface area contributed by atoms with Crippen molar-refractivity contribution < 1.29 is 69.0 Å². The molecule has 2 rings (SSSR count). The van der Waals surface area contributed by atoms with Crippen molar-refractivity contribution in [1.29, 1.82) is 0 Å². The van der Waals surface area contributed by atoms with E-state index in [9.17, 15) is 40.5 Å². The average molecular weight is 997 g/mol. The van der Waals surface area contributed by atoms with E-state index in [1.54, 1.807) is 0 Å². The maximum atomic E-state index is 13.0. The standard InChI is InChI=1S/C56H100O14/c1-3-5-7-9-11-13-15-17-18-19-20-21-22-23-24-25-26-27-29-31-33-35-37-39-48(58)68-45(42-65-40-38-36-34-32-30-28-16-14-12-10-8-6-4-2)43-66-55-54(64)52(62)50(60)47(70-55)44-67-56-53(63)51(61)49(59)46(41-57)69-56/h5,7,11,13,17-18,20-21,45-47,49-57,59-64H,3-4,6,8-10,12,14-16,19,22-44H2,1-2H3/b7-5-,13-11-,18-17-,21-20-. The third-order valence-electron chi connectivity index (χ3n) is 13.1. The number of aliphatic hydroxyl groups excluding tert-OH is 7. The molecular weight excluding hydrogens is 897 g/mol. The number of carbonyl (C=O) groups excluding carboxylic acids is 1. The number of aliphatic hydroxyl groups is 7. The molecule has 0 aromatic carbocycles. The maximum Gasteiger partial charge on any atom is 0.306 e. The van der Waals surface area contributed by atoms with Crippen molar-refractivity contribution in [1.82, 2.24) is 0 Å². The number of allylic oxidation sites excluding steroid dienone is 8. The number of hydrogen-bond donors (Lipinski definition) is 7. The van der Waals surface area contributed by atoms with Gasteiger partial charge in [-0.25, -0.2) is 0 Å². The van der Waals surface area contributed by atoms with Crippen molar-refractivity contribution >= 4 is 5.97 Å². The molecule has 14 nitrogen and oxygen atoms in total. The minimum atomic E-state index is -1.71. The molecule has 0 saturated carbocycles. The van der Waals surface area contributed by atoms with Crippen LogP contribution in [0, 0.1) is 0 Å². The van der Waals surface area contributed by atoms with E-state index < -0.39 is 80.7 Å². The Kier molecular flexibility index (Phi) is 39.7. The zero-order chi connectivity index (χ0) is 50.9. The summed E-state index contributed by atoms with van der Waals surface area (Å²) < 4.78 is 34.3. The number of carbonyl (C=O) groups is 1. The van der Waals surface area contributed by atoms with Crippen LogP contribution in [0.1, 0.15) is 200 Å². The van der Waals surface area contributed by atoms with Crippen molar-refractivity contribution in [3.63, 3.8) is 0 Å². The summed E-state index contributed by atoms with van der Waals surface area (Å²) in [6.45, 7) is 3.59. The summed E-state index contributed by atoms with van der Waals surface area (Å²) in [5.74, 6) is -0.380. The predicted octanol–water partition coefficient (Wildman–Crippen LogP) is 9.13. The van der Waals surface area contributed by atoms with Gasteiger partial charge in [0.2, 0.25) is 0 Å². The highest BCUT2D eigenvalue weighted by molar-refractivity contribution is 5.69. The van der Waals surface area contributed by atoms with Crippen LogP contribution in [0.4, 0.5) is 0 Å². The monoisotopic (exact) mass is 997 g/mol. The smallest absolute Gasteiger partial charge is 0.306 e. The lowest BCUT2D eigenvalue weighted by Crippen LogP contribution is -2.61. The number of rotatable bonds is 44. The van der Waals surface area contributed by atoms with E-state index in [1.807, 2.05) is 0 Å². The van der Waals surface area contributed by atoms with Crippen molar-refractivity contribution in [3.8, 4) is 0 Å². The quantitative estimate of drug-likeness (QED) is 0.0172. The Morgan fingerprint density at radius 2 is 0.929 bits per heavy atom. The van der Waals surface area contributed by atoms with Gasteiger partial charge in [-0.3, -0.25) is 4.79 Å². The van der Waals surface area contributed by atoms with Crippen LogP contribution in [-0.4, -0.2) is 142 Å². The molecule has 2 saturated heterocycles. The van der Waals surface area contributed by atoms with Gasteiger partial charge >= 0.3 is 5.97 Å². The van der Waals surface area contributed by atoms with Crippen LogP contribution >= 0.6 is 0 Å². The maximum absolute atomic E-state index is 13.0. The zero-order valence-electron chi connectivity index (χ0n) is 43.5. The van der Waals surface area contributed by atoms with Gasteiger partial charge in [-0.05, 0) is 51.4 Å². The summed E-state index contributed by atoms with van der Waals surface area (Å²) >= 11 is 0. The molecule has 0 aromatic heterocycles. The molecule has 408 valence electrons. The summed E-state index contributed by atoms with van der Waals surface area (Å²) in [7, 11) is 0. The first-order chi connectivity index (χ1) is 34.1. The molecule has 11 atom stereocenters. The topological polar surface area (TPSA) is 214 Å². The first-order valence-electron chi connectivity index (χ1n) is 27.7. The summed E-state index contributed by atoms with van der Waals surface area (Å²) in [6.07, 6.45) is 34.5. The lowest BCUT2D eigenvalue weighted by molar-refractivity contribution is -0.332. The Morgan fingerprint density at radius 3 is 1.46 bits per heavy atom. The van der Waals surface area contributed by atoms with Crippen molar-refractivity contribution in [3.05, 3.63) is 48.6 Å². The second-order valence-electron chi connectivity index (χ2n) is 19.4. The molecule has 2 heterocycles. The number of esters is 1. The molecule has 7 N–H and O–H groups in total. The summed E-state index contributed by atoms with van der Waals surface area (Å²) in [6, 6.07) is 0.